The molecule has 0 saturated carbocycles. The Morgan fingerprint density at radius 3 is 2.65 bits per heavy atom. The van der Waals surface area contributed by atoms with Crippen molar-refractivity contribution < 1.29 is 28.6 Å². The monoisotopic (exact) mass is 462 g/mol. The average Bonchev–Trinajstić information content (AvgIpc) is 2.90. The van der Waals surface area contributed by atoms with Gasteiger partial charge in [0, 0.05) is 18.7 Å². The molecule has 0 amide bonds. The normalized spacial score (nSPS) is 15.9. The molecule has 0 aliphatic carbocycles. The number of pyridine rings is 1. The molecule has 1 saturated heterocycles. The van der Waals surface area contributed by atoms with Gasteiger partial charge < -0.3 is 23.8 Å². The molecule has 1 unspecified atom stereocenters. The van der Waals surface area contributed by atoms with Crippen LogP contribution in [0.4, 0.5) is 0 Å². The lowest BCUT2D eigenvalue weighted by Gasteiger charge is -2.20. The van der Waals surface area contributed by atoms with Crippen molar-refractivity contribution in [1.29, 1.82) is 0 Å². The van der Waals surface area contributed by atoms with Crippen LogP contribution in [0.1, 0.15) is 35.3 Å². The Balaban J connectivity index is 1.50. The van der Waals surface area contributed by atoms with E-state index in [0.717, 1.165) is 25.0 Å². The molecule has 3 aromatic rings. The number of ether oxygens (including phenoxy) is 4. The maximum absolute atomic E-state index is 12.0. The van der Waals surface area contributed by atoms with Crippen LogP contribution in [-0.4, -0.2) is 43.3 Å². The Bertz CT molecular complexity index is 1110. The number of oxime groups is 1. The summed E-state index contributed by atoms with van der Waals surface area (Å²) in [6.45, 7) is 0.690. The zero-order valence-corrected chi connectivity index (χ0v) is 18.9. The van der Waals surface area contributed by atoms with Crippen molar-refractivity contribution in [3.05, 3.63) is 84.2 Å². The standard InChI is InChI=1S/C26H26N2O6/c1-30-26(29)19-13-14-27-23(16-19)24(28-34-25-12-5-6-15-31-25)18-32-21-10-7-11-22(17-21)33-20-8-3-2-4-9-20/h2-4,7-11,13-14,16-17,25H,5-6,12,15,18H2,1H3/b28-24+. The van der Waals surface area contributed by atoms with Crippen LogP contribution in [-0.2, 0) is 14.3 Å². The third-order valence-corrected chi connectivity index (χ3v) is 5.06. The fourth-order valence-electron chi connectivity index (χ4n) is 3.30. The van der Waals surface area contributed by atoms with Crippen molar-refractivity contribution in [2.24, 2.45) is 5.16 Å². The van der Waals surface area contributed by atoms with Crippen LogP contribution in [0.5, 0.6) is 17.2 Å². The van der Waals surface area contributed by atoms with Gasteiger partial charge in [-0.25, -0.2) is 4.79 Å². The Hall–Kier alpha value is -3.91. The molecule has 1 aliphatic heterocycles. The van der Waals surface area contributed by atoms with Crippen molar-refractivity contribution in [3.8, 4) is 17.2 Å². The first-order valence-electron chi connectivity index (χ1n) is 11.1. The van der Waals surface area contributed by atoms with Crippen molar-refractivity contribution in [2.75, 3.05) is 20.3 Å². The van der Waals surface area contributed by atoms with E-state index in [1.54, 1.807) is 18.2 Å². The lowest BCUT2D eigenvalue weighted by Crippen LogP contribution is -2.22. The molecular formula is C26H26N2O6. The topological polar surface area (TPSA) is 88.5 Å². The molecule has 8 heteroatoms. The van der Waals surface area contributed by atoms with Crippen LogP contribution in [0.3, 0.4) is 0 Å². The maximum atomic E-state index is 12.0. The third-order valence-electron chi connectivity index (χ3n) is 5.06. The molecule has 2 aromatic carbocycles. The van der Waals surface area contributed by atoms with Crippen LogP contribution in [0.15, 0.2) is 78.1 Å². The van der Waals surface area contributed by atoms with Gasteiger partial charge in [-0.15, -0.1) is 0 Å². The van der Waals surface area contributed by atoms with Gasteiger partial charge in [0.25, 0.3) is 0 Å². The second kappa shape index (κ2) is 11.8. The van der Waals surface area contributed by atoms with Gasteiger partial charge in [0.15, 0.2) is 0 Å². The van der Waals surface area contributed by atoms with Gasteiger partial charge in [-0.2, -0.15) is 0 Å². The van der Waals surface area contributed by atoms with Crippen LogP contribution < -0.4 is 9.47 Å². The number of nitrogens with zero attached hydrogens (tertiary/aromatic N) is 2. The second-order valence-electron chi connectivity index (χ2n) is 7.54. The van der Waals surface area contributed by atoms with Crippen molar-refractivity contribution in [2.45, 2.75) is 25.6 Å². The van der Waals surface area contributed by atoms with Gasteiger partial charge in [-0.05, 0) is 49.2 Å². The van der Waals surface area contributed by atoms with E-state index in [1.807, 2.05) is 48.5 Å². The Morgan fingerprint density at radius 2 is 1.85 bits per heavy atom. The van der Waals surface area contributed by atoms with E-state index in [2.05, 4.69) is 10.1 Å². The Kier molecular flexibility index (Phi) is 8.08. The molecule has 1 atom stereocenters. The van der Waals surface area contributed by atoms with E-state index in [0.29, 0.717) is 35.1 Å². The number of benzene rings is 2. The van der Waals surface area contributed by atoms with Gasteiger partial charge in [-0.1, -0.05) is 29.4 Å². The second-order valence-corrected chi connectivity index (χ2v) is 7.54. The minimum absolute atomic E-state index is 0.0547. The Morgan fingerprint density at radius 1 is 1.03 bits per heavy atom. The highest BCUT2D eigenvalue weighted by atomic mass is 16.8. The molecule has 0 radical (unpaired) electrons. The number of methoxy groups -OCH3 is 1. The van der Waals surface area contributed by atoms with Gasteiger partial charge in [-0.3, -0.25) is 4.98 Å². The van der Waals surface area contributed by atoms with E-state index in [4.69, 9.17) is 23.8 Å². The minimum Gasteiger partial charge on any atom is -0.487 e. The number of para-hydroxylation sites is 1. The molecule has 1 aliphatic rings. The first-order valence-corrected chi connectivity index (χ1v) is 11.1. The molecule has 1 aromatic heterocycles. The number of aromatic nitrogens is 1. The average molecular weight is 463 g/mol. The molecule has 0 bridgehead atoms. The first kappa shape index (κ1) is 23.3. The quantitative estimate of drug-likeness (QED) is 0.252. The van der Waals surface area contributed by atoms with Crippen molar-refractivity contribution >= 4 is 11.7 Å². The maximum Gasteiger partial charge on any atom is 0.337 e. The van der Waals surface area contributed by atoms with Gasteiger partial charge in [0.2, 0.25) is 6.29 Å². The molecule has 0 N–H and O–H groups in total. The molecule has 8 nitrogen and oxygen atoms in total. The number of carbonyl (C=O) groups excluding carboxylic acids is 1. The highest BCUT2D eigenvalue weighted by Gasteiger charge is 2.17. The predicted octanol–water partition coefficient (Wildman–Crippen LogP) is 4.99. The SMILES string of the molecule is COC(=O)c1ccnc(/C(COc2cccc(Oc3ccccc3)c2)=N/OC2CCCCO2)c1. The summed E-state index contributed by atoms with van der Waals surface area (Å²) in [6.07, 6.45) is 3.87. The molecule has 2 heterocycles. The Labute approximate surface area is 198 Å². The van der Waals surface area contributed by atoms with Crippen molar-refractivity contribution in [1.82, 2.24) is 4.98 Å². The lowest BCUT2D eigenvalue weighted by atomic mass is 10.2. The van der Waals surface area contributed by atoms with Crippen LogP contribution in [0.2, 0.25) is 0 Å². The van der Waals surface area contributed by atoms with Crippen LogP contribution in [0, 0.1) is 0 Å². The summed E-state index contributed by atoms with van der Waals surface area (Å²) < 4.78 is 22.3. The number of rotatable bonds is 9. The van der Waals surface area contributed by atoms with Gasteiger partial charge in [0.1, 0.15) is 29.6 Å². The lowest BCUT2D eigenvalue weighted by molar-refractivity contribution is -0.162. The first-order chi connectivity index (χ1) is 16.7. The van der Waals surface area contributed by atoms with E-state index in [1.165, 1.54) is 13.3 Å². The molecule has 1 fully saturated rings. The summed E-state index contributed by atoms with van der Waals surface area (Å²) in [5, 5.41) is 4.27. The van der Waals surface area contributed by atoms with Crippen LogP contribution >= 0.6 is 0 Å². The molecule has 0 spiro atoms. The number of hydrogen-bond acceptors (Lipinski definition) is 8. The predicted molar refractivity (Wildman–Crippen MR) is 125 cm³/mol. The van der Waals surface area contributed by atoms with Gasteiger partial charge >= 0.3 is 5.97 Å². The summed E-state index contributed by atoms with van der Waals surface area (Å²) in [7, 11) is 1.33. The van der Waals surface area contributed by atoms with E-state index in [9.17, 15) is 4.79 Å². The summed E-state index contributed by atoms with van der Waals surface area (Å²) in [5.74, 6) is 1.48. The number of hydrogen-bond donors (Lipinski definition) is 0. The minimum atomic E-state index is -0.466. The zero-order valence-electron chi connectivity index (χ0n) is 18.9. The molecule has 4 rings (SSSR count). The van der Waals surface area contributed by atoms with Crippen LogP contribution in [0.25, 0.3) is 0 Å². The summed E-state index contributed by atoms with van der Waals surface area (Å²) in [5.41, 5.74) is 1.21. The third kappa shape index (κ3) is 6.55. The highest BCUT2D eigenvalue weighted by molar-refractivity contribution is 6.01. The highest BCUT2D eigenvalue weighted by Crippen LogP contribution is 2.25. The summed E-state index contributed by atoms with van der Waals surface area (Å²) in [4.78, 5) is 21.9. The van der Waals surface area contributed by atoms with E-state index < -0.39 is 12.3 Å². The summed E-state index contributed by atoms with van der Waals surface area (Å²) >= 11 is 0. The van der Waals surface area contributed by atoms with E-state index >= 15 is 0 Å². The fraction of sp³-hybridized carbons (Fsp3) is 0.269. The molecule has 176 valence electrons. The number of carbonyl (C=O) groups is 1. The summed E-state index contributed by atoms with van der Waals surface area (Å²) in [6, 6.07) is 20.0. The zero-order chi connectivity index (χ0) is 23.6. The van der Waals surface area contributed by atoms with E-state index in [-0.39, 0.29) is 6.61 Å². The number of esters is 1. The van der Waals surface area contributed by atoms with Gasteiger partial charge in [0.05, 0.1) is 25.0 Å². The smallest absolute Gasteiger partial charge is 0.337 e. The molecular weight excluding hydrogens is 436 g/mol. The largest absolute Gasteiger partial charge is 0.487 e. The van der Waals surface area contributed by atoms with Crippen molar-refractivity contribution in [3.63, 3.8) is 0 Å². The molecule has 34 heavy (non-hydrogen) atoms. The fourth-order valence-corrected chi connectivity index (χ4v) is 3.30.